The summed E-state index contributed by atoms with van der Waals surface area (Å²) in [5.74, 6) is -0.00536. The number of benzene rings is 3. The van der Waals surface area contributed by atoms with Crippen molar-refractivity contribution >= 4 is 31.4 Å². The van der Waals surface area contributed by atoms with E-state index in [1.807, 2.05) is 6.92 Å². The summed E-state index contributed by atoms with van der Waals surface area (Å²) in [5.41, 5.74) is 1.06. The van der Waals surface area contributed by atoms with E-state index >= 15 is 0 Å². The average molecular weight is 418 g/mol. The SMILES string of the molecule is Cc1ccc(S(=O)(=O)Nc2ccccc2S(=O)(=O)Nc2ccc(O)cc2)cc1. The molecule has 0 saturated heterocycles. The highest BCUT2D eigenvalue weighted by atomic mass is 32.2. The molecule has 9 heteroatoms. The molecule has 0 radical (unpaired) electrons. The van der Waals surface area contributed by atoms with E-state index in [1.165, 1.54) is 60.7 Å². The van der Waals surface area contributed by atoms with Crippen molar-refractivity contribution in [2.24, 2.45) is 0 Å². The van der Waals surface area contributed by atoms with Crippen molar-refractivity contribution in [3.05, 3.63) is 78.4 Å². The third kappa shape index (κ3) is 4.44. The van der Waals surface area contributed by atoms with Crippen LogP contribution in [0.5, 0.6) is 5.75 Å². The highest BCUT2D eigenvalue weighted by molar-refractivity contribution is 7.94. The fourth-order valence-corrected chi connectivity index (χ4v) is 4.81. The van der Waals surface area contributed by atoms with Gasteiger partial charge in [0.1, 0.15) is 10.6 Å². The zero-order chi connectivity index (χ0) is 20.4. The molecule has 0 unspecified atom stereocenters. The molecule has 0 aromatic heterocycles. The van der Waals surface area contributed by atoms with Gasteiger partial charge in [0.2, 0.25) is 0 Å². The van der Waals surface area contributed by atoms with Crippen LogP contribution in [0.3, 0.4) is 0 Å². The third-order valence-electron chi connectivity index (χ3n) is 3.87. The summed E-state index contributed by atoms with van der Waals surface area (Å²) in [6.07, 6.45) is 0. The van der Waals surface area contributed by atoms with Gasteiger partial charge in [0, 0.05) is 5.69 Å². The molecule has 28 heavy (non-hydrogen) atoms. The summed E-state index contributed by atoms with van der Waals surface area (Å²) in [7, 11) is -8.04. The van der Waals surface area contributed by atoms with E-state index in [-0.39, 0.29) is 26.9 Å². The largest absolute Gasteiger partial charge is 0.508 e. The number of aromatic hydroxyl groups is 1. The van der Waals surface area contributed by atoms with Gasteiger partial charge in [0.15, 0.2) is 0 Å². The lowest BCUT2D eigenvalue weighted by atomic mass is 10.2. The minimum absolute atomic E-state index is 0.00536. The first-order valence-electron chi connectivity index (χ1n) is 8.18. The monoisotopic (exact) mass is 418 g/mol. The van der Waals surface area contributed by atoms with Crippen molar-refractivity contribution < 1.29 is 21.9 Å². The van der Waals surface area contributed by atoms with Crippen LogP contribution in [0, 0.1) is 6.92 Å². The van der Waals surface area contributed by atoms with Crippen molar-refractivity contribution in [3.63, 3.8) is 0 Å². The number of phenols is 1. The summed E-state index contributed by atoms with van der Waals surface area (Å²) in [4.78, 5) is -0.199. The van der Waals surface area contributed by atoms with Gasteiger partial charge in [0.05, 0.1) is 10.6 Å². The lowest BCUT2D eigenvalue weighted by Crippen LogP contribution is -2.18. The van der Waals surface area contributed by atoms with Gasteiger partial charge in [-0.3, -0.25) is 9.44 Å². The van der Waals surface area contributed by atoms with Crippen molar-refractivity contribution in [2.75, 3.05) is 9.44 Å². The molecule has 3 aromatic rings. The van der Waals surface area contributed by atoms with Crippen LogP contribution < -0.4 is 9.44 Å². The van der Waals surface area contributed by atoms with Gasteiger partial charge < -0.3 is 5.11 Å². The average Bonchev–Trinajstić information content (AvgIpc) is 2.64. The minimum atomic E-state index is -4.08. The zero-order valence-corrected chi connectivity index (χ0v) is 16.5. The molecule has 7 nitrogen and oxygen atoms in total. The molecule has 0 bridgehead atoms. The summed E-state index contributed by atoms with van der Waals surface area (Å²) < 4.78 is 55.5. The lowest BCUT2D eigenvalue weighted by Gasteiger charge is -2.14. The van der Waals surface area contributed by atoms with Gasteiger partial charge in [-0.05, 0) is 55.5 Å². The van der Waals surface area contributed by atoms with E-state index in [4.69, 9.17) is 0 Å². The molecule has 3 rings (SSSR count). The summed E-state index contributed by atoms with van der Waals surface area (Å²) in [6.45, 7) is 1.83. The van der Waals surface area contributed by atoms with E-state index in [0.717, 1.165) is 5.56 Å². The molecule has 0 heterocycles. The Morgan fingerprint density at radius 3 is 1.96 bits per heavy atom. The third-order valence-corrected chi connectivity index (χ3v) is 6.69. The molecule has 0 fully saturated rings. The number of aryl methyl sites for hydroxylation is 1. The fourth-order valence-electron chi connectivity index (χ4n) is 2.45. The minimum Gasteiger partial charge on any atom is -0.508 e. The maximum Gasteiger partial charge on any atom is 0.263 e. The highest BCUT2D eigenvalue weighted by Crippen LogP contribution is 2.26. The van der Waals surface area contributed by atoms with Crippen LogP contribution in [0.15, 0.2) is 82.6 Å². The zero-order valence-electron chi connectivity index (χ0n) is 14.8. The van der Waals surface area contributed by atoms with Crippen LogP contribution in [0.25, 0.3) is 0 Å². The lowest BCUT2D eigenvalue weighted by molar-refractivity contribution is 0.475. The molecule has 0 saturated carbocycles. The maximum atomic E-state index is 12.8. The van der Waals surface area contributed by atoms with Crippen molar-refractivity contribution in [1.29, 1.82) is 0 Å². The molecule has 3 aromatic carbocycles. The number of nitrogens with one attached hydrogen (secondary N) is 2. The fraction of sp³-hybridized carbons (Fsp3) is 0.0526. The number of phenolic OH excluding ortho intramolecular Hbond substituents is 1. The first kappa shape index (κ1) is 19.7. The molecule has 0 amide bonds. The quantitative estimate of drug-likeness (QED) is 0.532. The number of rotatable bonds is 6. The summed E-state index contributed by atoms with van der Waals surface area (Å²) in [5, 5.41) is 9.32. The van der Waals surface area contributed by atoms with E-state index in [2.05, 4.69) is 9.44 Å². The maximum absolute atomic E-state index is 12.8. The van der Waals surface area contributed by atoms with Gasteiger partial charge in [0.25, 0.3) is 20.0 Å². The van der Waals surface area contributed by atoms with Crippen LogP contribution in [-0.2, 0) is 20.0 Å². The Bertz CT molecular complexity index is 1190. The van der Waals surface area contributed by atoms with E-state index < -0.39 is 20.0 Å². The predicted octanol–water partition coefficient (Wildman–Crippen LogP) is 3.30. The number of hydrogen-bond acceptors (Lipinski definition) is 5. The number of hydrogen-bond donors (Lipinski definition) is 3. The normalized spacial score (nSPS) is 11.8. The molecule has 0 atom stereocenters. The molecular formula is C19H18N2O5S2. The smallest absolute Gasteiger partial charge is 0.263 e. The van der Waals surface area contributed by atoms with Gasteiger partial charge >= 0.3 is 0 Å². The second-order valence-electron chi connectivity index (χ2n) is 6.07. The van der Waals surface area contributed by atoms with Crippen LogP contribution >= 0.6 is 0 Å². The Labute approximate surface area is 163 Å². The molecule has 0 spiro atoms. The Morgan fingerprint density at radius 2 is 1.32 bits per heavy atom. The Kier molecular flexibility index (Phi) is 5.30. The molecule has 3 N–H and O–H groups in total. The molecule has 0 aliphatic rings. The Morgan fingerprint density at radius 1 is 0.714 bits per heavy atom. The number of para-hydroxylation sites is 1. The second-order valence-corrected chi connectivity index (χ2v) is 9.40. The van der Waals surface area contributed by atoms with Crippen molar-refractivity contribution in [2.45, 2.75) is 16.7 Å². The number of anilines is 2. The highest BCUT2D eigenvalue weighted by Gasteiger charge is 2.22. The van der Waals surface area contributed by atoms with Crippen molar-refractivity contribution in [1.82, 2.24) is 0 Å². The second kappa shape index (κ2) is 7.53. The predicted molar refractivity (Wildman–Crippen MR) is 107 cm³/mol. The number of sulfonamides is 2. The first-order chi connectivity index (χ1) is 13.2. The van der Waals surface area contributed by atoms with E-state index in [1.54, 1.807) is 12.1 Å². The summed E-state index contributed by atoms with van der Waals surface area (Å²) in [6, 6.07) is 17.4. The van der Waals surface area contributed by atoms with Gasteiger partial charge in [-0.15, -0.1) is 0 Å². The van der Waals surface area contributed by atoms with E-state index in [9.17, 15) is 21.9 Å². The van der Waals surface area contributed by atoms with Gasteiger partial charge in [-0.1, -0.05) is 29.8 Å². The van der Waals surface area contributed by atoms with Crippen LogP contribution in [0.2, 0.25) is 0 Å². The standard InChI is InChI=1S/C19H18N2O5S2/c1-14-6-12-17(13-7-14)27(23,24)21-18-4-2-3-5-19(18)28(25,26)20-15-8-10-16(22)11-9-15/h2-13,20-22H,1H3. The first-order valence-corrected chi connectivity index (χ1v) is 11.1. The van der Waals surface area contributed by atoms with E-state index in [0.29, 0.717) is 0 Å². The Balaban J connectivity index is 1.94. The molecule has 0 aliphatic heterocycles. The van der Waals surface area contributed by atoms with Crippen LogP contribution in [-0.4, -0.2) is 21.9 Å². The molecule has 0 aliphatic carbocycles. The summed E-state index contributed by atoms with van der Waals surface area (Å²) >= 11 is 0. The molecule has 146 valence electrons. The van der Waals surface area contributed by atoms with Crippen LogP contribution in [0.4, 0.5) is 11.4 Å². The van der Waals surface area contributed by atoms with Gasteiger partial charge in [-0.25, -0.2) is 16.8 Å². The topological polar surface area (TPSA) is 113 Å². The van der Waals surface area contributed by atoms with Crippen molar-refractivity contribution in [3.8, 4) is 5.75 Å². The molecular weight excluding hydrogens is 400 g/mol. The van der Waals surface area contributed by atoms with Crippen LogP contribution in [0.1, 0.15) is 5.56 Å². The van der Waals surface area contributed by atoms with Gasteiger partial charge in [-0.2, -0.15) is 0 Å². The Hall–Kier alpha value is -3.04.